The second-order valence-corrected chi connectivity index (χ2v) is 6.28. The van der Waals surface area contributed by atoms with E-state index in [1.807, 2.05) is 0 Å². The molecule has 8 heteroatoms. The van der Waals surface area contributed by atoms with Crippen LogP contribution in [0.3, 0.4) is 0 Å². The van der Waals surface area contributed by atoms with E-state index < -0.39 is 18.5 Å². The summed E-state index contributed by atoms with van der Waals surface area (Å²) in [6, 6.07) is 8.17. The molecular weight excluding hydrogens is 350 g/mol. The first-order valence-corrected chi connectivity index (χ1v) is 8.50. The maximum atomic E-state index is 12.2. The molecule has 8 nitrogen and oxygen atoms in total. The average molecular weight is 369 g/mol. The molecule has 0 atom stereocenters. The second kappa shape index (κ2) is 7.86. The summed E-state index contributed by atoms with van der Waals surface area (Å²) in [6.07, 6.45) is 3.31. The van der Waals surface area contributed by atoms with Crippen LogP contribution in [0.25, 0.3) is 0 Å². The number of benzene rings is 1. The summed E-state index contributed by atoms with van der Waals surface area (Å²) in [5.74, 6) is -1.77. The highest BCUT2D eigenvalue weighted by Gasteiger charge is 2.25. The van der Waals surface area contributed by atoms with Gasteiger partial charge in [0.15, 0.2) is 12.4 Å². The summed E-state index contributed by atoms with van der Waals surface area (Å²) in [7, 11) is 0. The van der Waals surface area contributed by atoms with Crippen molar-refractivity contribution in [1.29, 1.82) is 0 Å². The predicted molar refractivity (Wildman–Crippen MR) is 96.6 cm³/mol. The second-order valence-electron chi connectivity index (χ2n) is 6.28. The van der Waals surface area contributed by atoms with Crippen molar-refractivity contribution in [3.8, 4) is 0 Å². The Balaban J connectivity index is 1.56. The van der Waals surface area contributed by atoms with Crippen LogP contribution in [0.2, 0.25) is 0 Å². The first kappa shape index (κ1) is 18.4. The van der Waals surface area contributed by atoms with Gasteiger partial charge in [0, 0.05) is 17.8 Å². The highest BCUT2D eigenvalue weighted by atomic mass is 16.5. The highest BCUT2D eigenvalue weighted by Crippen LogP contribution is 2.21. The van der Waals surface area contributed by atoms with Crippen LogP contribution in [-0.4, -0.2) is 41.2 Å². The molecule has 0 spiro atoms. The van der Waals surface area contributed by atoms with Crippen LogP contribution in [0.5, 0.6) is 0 Å². The predicted octanol–water partition coefficient (Wildman–Crippen LogP) is 1.91. The fourth-order valence-electron chi connectivity index (χ4n) is 2.39. The lowest BCUT2D eigenvalue weighted by molar-refractivity contribution is -0.119. The molecule has 2 amide bonds. The number of H-pyrrole nitrogens is 1. The Bertz CT molecular complexity index is 898. The number of para-hydroxylation sites is 1. The van der Waals surface area contributed by atoms with E-state index in [-0.39, 0.29) is 23.4 Å². The molecule has 1 fully saturated rings. The number of hydrogen-bond acceptors (Lipinski definition) is 5. The van der Waals surface area contributed by atoms with Gasteiger partial charge < -0.3 is 20.4 Å². The lowest BCUT2D eigenvalue weighted by atomic mass is 10.1. The number of nitrogens with one attached hydrogen (secondary N) is 3. The minimum Gasteiger partial charge on any atom is -0.451 e. The number of carbonyl (C=O) groups excluding carboxylic acids is 4. The number of esters is 1. The van der Waals surface area contributed by atoms with Crippen LogP contribution in [0.1, 0.15) is 51.0 Å². The van der Waals surface area contributed by atoms with Crippen molar-refractivity contribution in [1.82, 2.24) is 10.3 Å². The van der Waals surface area contributed by atoms with Crippen LogP contribution in [-0.2, 0) is 9.53 Å². The molecule has 0 radical (unpaired) electrons. The maximum Gasteiger partial charge on any atom is 0.355 e. The van der Waals surface area contributed by atoms with Gasteiger partial charge in [-0.25, -0.2) is 4.79 Å². The van der Waals surface area contributed by atoms with Crippen molar-refractivity contribution in [2.24, 2.45) is 0 Å². The SMILES string of the molecule is CC(=O)c1c[nH]c(C(=O)OCC(=O)Nc2ccccc2C(=O)NC2CC2)c1. The molecular formula is C19H19N3O5. The molecule has 3 N–H and O–H groups in total. The van der Waals surface area contributed by atoms with E-state index in [4.69, 9.17) is 4.74 Å². The van der Waals surface area contributed by atoms with Crippen molar-refractivity contribution in [3.63, 3.8) is 0 Å². The minimum atomic E-state index is -0.752. The Kier molecular flexibility index (Phi) is 5.35. The largest absolute Gasteiger partial charge is 0.451 e. The molecule has 1 aromatic carbocycles. The summed E-state index contributed by atoms with van der Waals surface area (Å²) in [5.41, 5.74) is 1.12. The zero-order chi connectivity index (χ0) is 19.4. The molecule has 1 heterocycles. The molecule has 0 aliphatic heterocycles. The van der Waals surface area contributed by atoms with Gasteiger partial charge in [-0.3, -0.25) is 14.4 Å². The molecule has 1 aliphatic rings. The van der Waals surface area contributed by atoms with Gasteiger partial charge >= 0.3 is 5.97 Å². The zero-order valence-corrected chi connectivity index (χ0v) is 14.7. The van der Waals surface area contributed by atoms with Crippen LogP contribution in [0.15, 0.2) is 36.5 Å². The molecule has 0 unspecified atom stereocenters. The lowest BCUT2D eigenvalue weighted by Gasteiger charge is -2.11. The van der Waals surface area contributed by atoms with Crippen LogP contribution in [0.4, 0.5) is 5.69 Å². The number of aromatic nitrogens is 1. The van der Waals surface area contributed by atoms with E-state index in [1.165, 1.54) is 19.2 Å². The number of aromatic amines is 1. The zero-order valence-electron chi connectivity index (χ0n) is 14.7. The Hall–Kier alpha value is -3.42. The number of ketones is 1. The Morgan fingerprint density at radius 3 is 2.59 bits per heavy atom. The number of Topliss-reactive ketones (excluding diaryl/α,β-unsaturated/α-hetero) is 1. The molecule has 1 saturated carbocycles. The summed E-state index contributed by atoms with van der Waals surface area (Å²) < 4.78 is 4.94. The third-order valence-corrected chi connectivity index (χ3v) is 4.00. The third kappa shape index (κ3) is 4.81. The van der Waals surface area contributed by atoms with Gasteiger partial charge in [0.05, 0.1) is 11.3 Å². The van der Waals surface area contributed by atoms with Crippen LogP contribution in [0, 0.1) is 0 Å². The van der Waals surface area contributed by atoms with E-state index in [9.17, 15) is 19.2 Å². The molecule has 27 heavy (non-hydrogen) atoms. The summed E-state index contributed by atoms with van der Waals surface area (Å²) in [4.78, 5) is 50.1. The lowest BCUT2D eigenvalue weighted by Crippen LogP contribution is -2.28. The normalized spacial score (nSPS) is 12.9. The first-order valence-electron chi connectivity index (χ1n) is 8.50. The average Bonchev–Trinajstić information content (AvgIpc) is 3.31. The molecule has 140 valence electrons. The van der Waals surface area contributed by atoms with E-state index in [2.05, 4.69) is 15.6 Å². The van der Waals surface area contributed by atoms with Crippen molar-refractivity contribution in [2.75, 3.05) is 11.9 Å². The monoisotopic (exact) mass is 369 g/mol. The van der Waals surface area contributed by atoms with Crippen LogP contribution < -0.4 is 10.6 Å². The summed E-state index contributed by atoms with van der Waals surface area (Å²) in [5, 5.41) is 5.43. The van der Waals surface area contributed by atoms with E-state index in [1.54, 1.807) is 24.3 Å². The number of carbonyl (C=O) groups is 4. The Labute approximate surface area is 155 Å². The molecule has 1 aliphatic carbocycles. The van der Waals surface area contributed by atoms with Gasteiger partial charge in [0.25, 0.3) is 11.8 Å². The van der Waals surface area contributed by atoms with Gasteiger partial charge in [-0.1, -0.05) is 12.1 Å². The fraction of sp³-hybridized carbons (Fsp3) is 0.263. The topological polar surface area (TPSA) is 117 Å². The number of anilines is 1. The van der Waals surface area contributed by atoms with Gasteiger partial charge in [0.2, 0.25) is 0 Å². The molecule has 3 rings (SSSR count). The molecule has 1 aromatic heterocycles. The van der Waals surface area contributed by atoms with Crippen molar-refractivity contribution in [2.45, 2.75) is 25.8 Å². The quantitative estimate of drug-likeness (QED) is 0.509. The van der Waals surface area contributed by atoms with Gasteiger partial charge in [-0.05, 0) is 38.0 Å². The molecule has 0 bridgehead atoms. The fourth-order valence-corrected chi connectivity index (χ4v) is 2.39. The van der Waals surface area contributed by atoms with Crippen molar-refractivity contribution < 1.29 is 23.9 Å². The number of hydrogen-bond donors (Lipinski definition) is 3. The number of amides is 2. The smallest absolute Gasteiger partial charge is 0.355 e. The minimum absolute atomic E-state index is 0.0808. The molecule has 0 saturated heterocycles. The van der Waals surface area contributed by atoms with Crippen molar-refractivity contribution >= 4 is 29.3 Å². The van der Waals surface area contributed by atoms with E-state index in [0.29, 0.717) is 16.8 Å². The van der Waals surface area contributed by atoms with Gasteiger partial charge in [-0.15, -0.1) is 0 Å². The van der Waals surface area contributed by atoms with Gasteiger partial charge in [-0.2, -0.15) is 0 Å². The van der Waals surface area contributed by atoms with Crippen molar-refractivity contribution in [3.05, 3.63) is 53.3 Å². The summed E-state index contributed by atoms with van der Waals surface area (Å²) >= 11 is 0. The third-order valence-electron chi connectivity index (χ3n) is 4.00. The standard InChI is InChI=1S/C19H19N3O5/c1-11(23)12-8-16(20-9-12)19(26)27-10-17(24)22-15-5-3-2-4-14(15)18(25)21-13-6-7-13/h2-5,8-9,13,20H,6-7,10H2,1H3,(H,21,25)(H,22,24). The Morgan fingerprint density at radius 1 is 1.19 bits per heavy atom. The maximum absolute atomic E-state index is 12.2. The van der Waals surface area contributed by atoms with E-state index >= 15 is 0 Å². The van der Waals surface area contributed by atoms with Gasteiger partial charge in [0.1, 0.15) is 5.69 Å². The Morgan fingerprint density at radius 2 is 1.93 bits per heavy atom. The number of ether oxygens (including phenoxy) is 1. The first-order chi connectivity index (χ1) is 12.9. The number of rotatable bonds is 7. The molecule has 2 aromatic rings. The highest BCUT2D eigenvalue weighted by molar-refractivity contribution is 6.04. The summed E-state index contributed by atoms with van der Waals surface area (Å²) in [6.45, 7) is 0.856. The van der Waals surface area contributed by atoms with E-state index in [0.717, 1.165) is 12.8 Å². The van der Waals surface area contributed by atoms with Crippen LogP contribution >= 0.6 is 0 Å².